The van der Waals surface area contributed by atoms with Crippen molar-refractivity contribution in [1.82, 2.24) is 4.31 Å². The summed E-state index contributed by atoms with van der Waals surface area (Å²) in [6, 6.07) is 9.60. The van der Waals surface area contributed by atoms with Crippen molar-refractivity contribution in [2.75, 3.05) is 18.4 Å². The van der Waals surface area contributed by atoms with Crippen LogP contribution in [0, 0.1) is 40.5 Å². The predicted molar refractivity (Wildman–Crippen MR) is 117 cm³/mol. The van der Waals surface area contributed by atoms with Gasteiger partial charge in [-0.05, 0) is 81.8 Å². The summed E-state index contributed by atoms with van der Waals surface area (Å²) in [6.07, 6.45) is 1.36. The van der Waals surface area contributed by atoms with E-state index in [2.05, 4.69) is 5.32 Å². The lowest BCUT2D eigenvalue weighted by Crippen LogP contribution is -2.44. The molecule has 1 atom stereocenters. The summed E-state index contributed by atoms with van der Waals surface area (Å²) < 4.78 is 28.2. The lowest BCUT2D eigenvalue weighted by molar-refractivity contribution is -0.120. The SMILES string of the molecule is Cc1cc(C)c(S(=O)(=O)N2CCC[C@H](C(=O)Nc3ccc(C)c(C)c3)C2)c(C)c1. The molecule has 29 heavy (non-hydrogen) atoms. The standard InChI is InChI=1S/C23H30N2O3S/c1-15-11-18(4)22(19(5)12-15)29(27,28)25-10-6-7-20(14-25)23(26)24-21-9-8-16(2)17(3)13-21/h8-9,11-13,20H,6-7,10,14H2,1-5H3,(H,24,26)/t20-/m0/s1. The molecule has 0 saturated carbocycles. The monoisotopic (exact) mass is 414 g/mol. The second kappa shape index (κ2) is 8.28. The summed E-state index contributed by atoms with van der Waals surface area (Å²) in [7, 11) is -3.64. The highest BCUT2D eigenvalue weighted by Gasteiger charge is 2.34. The highest BCUT2D eigenvalue weighted by Crippen LogP contribution is 2.29. The maximum Gasteiger partial charge on any atom is 0.243 e. The summed E-state index contributed by atoms with van der Waals surface area (Å²) >= 11 is 0. The largest absolute Gasteiger partial charge is 0.326 e. The summed E-state index contributed by atoms with van der Waals surface area (Å²) in [5.74, 6) is -0.475. The smallest absolute Gasteiger partial charge is 0.243 e. The number of sulfonamides is 1. The molecule has 1 heterocycles. The van der Waals surface area contributed by atoms with Crippen molar-refractivity contribution in [3.63, 3.8) is 0 Å². The molecule has 1 aliphatic heterocycles. The highest BCUT2D eigenvalue weighted by atomic mass is 32.2. The Morgan fingerprint density at radius 1 is 0.966 bits per heavy atom. The first-order valence-corrected chi connectivity index (χ1v) is 11.5. The van der Waals surface area contributed by atoms with Gasteiger partial charge in [-0.3, -0.25) is 4.79 Å². The van der Waals surface area contributed by atoms with E-state index >= 15 is 0 Å². The molecular weight excluding hydrogens is 384 g/mol. The van der Waals surface area contributed by atoms with Gasteiger partial charge in [-0.25, -0.2) is 8.42 Å². The van der Waals surface area contributed by atoms with E-state index in [9.17, 15) is 13.2 Å². The Bertz CT molecular complexity index is 1020. The van der Waals surface area contributed by atoms with E-state index in [1.165, 1.54) is 9.87 Å². The molecular formula is C23H30N2O3S. The normalized spacial score (nSPS) is 17.9. The summed E-state index contributed by atoms with van der Waals surface area (Å²) in [6.45, 7) is 10.3. The topological polar surface area (TPSA) is 66.5 Å². The summed E-state index contributed by atoms with van der Waals surface area (Å²) in [4.78, 5) is 13.2. The lowest BCUT2D eigenvalue weighted by atomic mass is 9.98. The second-order valence-corrected chi connectivity index (χ2v) is 10.1. The first-order chi connectivity index (χ1) is 13.6. The number of nitrogens with zero attached hydrogens (tertiary/aromatic N) is 1. The number of aryl methyl sites for hydroxylation is 5. The number of rotatable bonds is 4. The molecule has 156 valence electrons. The molecule has 3 rings (SSSR count). The average molecular weight is 415 g/mol. The fraction of sp³-hybridized carbons (Fsp3) is 0.435. The quantitative estimate of drug-likeness (QED) is 0.812. The molecule has 0 unspecified atom stereocenters. The Kier molecular flexibility index (Phi) is 6.15. The van der Waals surface area contributed by atoms with Gasteiger partial charge in [-0.2, -0.15) is 4.31 Å². The van der Waals surface area contributed by atoms with Crippen molar-refractivity contribution in [3.05, 3.63) is 58.1 Å². The van der Waals surface area contributed by atoms with Gasteiger partial charge in [0.25, 0.3) is 0 Å². The van der Waals surface area contributed by atoms with Gasteiger partial charge >= 0.3 is 0 Å². The van der Waals surface area contributed by atoms with Gasteiger partial charge in [0.1, 0.15) is 0 Å². The van der Waals surface area contributed by atoms with Gasteiger partial charge in [0, 0.05) is 18.8 Å². The number of carbonyl (C=O) groups excluding carboxylic acids is 1. The molecule has 0 aliphatic carbocycles. The Morgan fingerprint density at radius 2 is 1.62 bits per heavy atom. The molecule has 1 saturated heterocycles. The van der Waals surface area contributed by atoms with E-state index in [1.807, 2.05) is 65.0 Å². The van der Waals surface area contributed by atoms with Crippen LogP contribution >= 0.6 is 0 Å². The molecule has 1 N–H and O–H groups in total. The van der Waals surface area contributed by atoms with Crippen molar-refractivity contribution in [3.8, 4) is 0 Å². The minimum absolute atomic E-state index is 0.120. The van der Waals surface area contributed by atoms with Crippen molar-refractivity contribution in [2.45, 2.75) is 52.4 Å². The molecule has 6 heteroatoms. The van der Waals surface area contributed by atoms with E-state index in [0.29, 0.717) is 24.3 Å². The van der Waals surface area contributed by atoms with Gasteiger partial charge in [0.15, 0.2) is 0 Å². The Hall–Kier alpha value is -2.18. The molecule has 0 aromatic heterocycles. The Balaban J connectivity index is 1.79. The molecule has 0 bridgehead atoms. The van der Waals surface area contributed by atoms with Crippen LogP contribution in [0.4, 0.5) is 5.69 Å². The zero-order valence-corrected chi connectivity index (χ0v) is 18.7. The fourth-order valence-electron chi connectivity index (χ4n) is 4.14. The number of carbonyl (C=O) groups is 1. The van der Waals surface area contributed by atoms with Gasteiger partial charge < -0.3 is 5.32 Å². The molecule has 2 aromatic carbocycles. The van der Waals surface area contributed by atoms with E-state index in [-0.39, 0.29) is 18.4 Å². The van der Waals surface area contributed by atoms with Crippen LogP contribution in [0.25, 0.3) is 0 Å². The lowest BCUT2D eigenvalue weighted by Gasteiger charge is -2.32. The third-order valence-corrected chi connectivity index (χ3v) is 7.90. The number of anilines is 1. The van der Waals surface area contributed by atoms with Gasteiger partial charge in [-0.1, -0.05) is 23.8 Å². The molecule has 2 aromatic rings. The van der Waals surface area contributed by atoms with Crippen LogP contribution in [0.1, 0.15) is 40.7 Å². The molecule has 1 amide bonds. The Labute approximate surface area is 174 Å². The number of hydrogen-bond donors (Lipinski definition) is 1. The predicted octanol–water partition coefficient (Wildman–Crippen LogP) is 4.27. The van der Waals surface area contributed by atoms with Crippen LogP contribution in [-0.2, 0) is 14.8 Å². The van der Waals surface area contributed by atoms with Crippen LogP contribution < -0.4 is 5.32 Å². The van der Waals surface area contributed by atoms with Gasteiger partial charge in [0.2, 0.25) is 15.9 Å². The fourth-order valence-corrected chi connectivity index (χ4v) is 6.08. The minimum Gasteiger partial charge on any atom is -0.326 e. The van der Waals surface area contributed by atoms with Crippen LogP contribution in [0.15, 0.2) is 35.2 Å². The van der Waals surface area contributed by atoms with Crippen molar-refractivity contribution in [1.29, 1.82) is 0 Å². The van der Waals surface area contributed by atoms with Crippen molar-refractivity contribution >= 4 is 21.6 Å². The minimum atomic E-state index is -3.64. The molecule has 0 spiro atoms. The zero-order valence-electron chi connectivity index (χ0n) is 17.9. The van der Waals surface area contributed by atoms with Gasteiger partial charge in [-0.15, -0.1) is 0 Å². The second-order valence-electron chi connectivity index (χ2n) is 8.22. The highest BCUT2D eigenvalue weighted by molar-refractivity contribution is 7.89. The third kappa shape index (κ3) is 4.54. The van der Waals surface area contributed by atoms with E-state index in [0.717, 1.165) is 27.9 Å². The Morgan fingerprint density at radius 3 is 2.24 bits per heavy atom. The van der Waals surface area contributed by atoms with E-state index in [1.54, 1.807) is 0 Å². The molecule has 1 aliphatic rings. The summed E-state index contributed by atoms with van der Waals surface area (Å²) in [5, 5.41) is 2.96. The number of nitrogens with one attached hydrogen (secondary N) is 1. The maximum atomic E-state index is 13.3. The van der Waals surface area contributed by atoms with Crippen LogP contribution in [-0.4, -0.2) is 31.7 Å². The number of amides is 1. The maximum absolute atomic E-state index is 13.3. The van der Waals surface area contributed by atoms with Crippen LogP contribution in [0.3, 0.4) is 0 Å². The van der Waals surface area contributed by atoms with Gasteiger partial charge in [0.05, 0.1) is 10.8 Å². The third-order valence-electron chi connectivity index (χ3n) is 5.73. The molecule has 0 radical (unpaired) electrons. The number of hydrogen-bond acceptors (Lipinski definition) is 3. The first-order valence-electron chi connectivity index (χ1n) is 10.1. The first kappa shape index (κ1) is 21.5. The zero-order chi connectivity index (χ0) is 21.3. The van der Waals surface area contributed by atoms with Crippen molar-refractivity contribution in [2.24, 2.45) is 5.92 Å². The average Bonchev–Trinajstić information content (AvgIpc) is 2.63. The van der Waals surface area contributed by atoms with Crippen LogP contribution in [0.2, 0.25) is 0 Å². The van der Waals surface area contributed by atoms with E-state index in [4.69, 9.17) is 0 Å². The molecule has 5 nitrogen and oxygen atoms in total. The number of piperidine rings is 1. The number of benzene rings is 2. The van der Waals surface area contributed by atoms with Crippen LogP contribution in [0.5, 0.6) is 0 Å². The molecule has 1 fully saturated rings. The van der Waals surface area contributed by atoms with E-state index < -0.39 is 10.0 Å². The van der Waals surface area contributed by atoms with Crippen molar-refractivity contribution < 1.29 is 13.2 Å². The summed E-state index contributed by atoms with van der Waals surface area (Å²) in [5.41, 5.74) is 5.59.